The van der Waals surface area contributed by atoms with E-state index in [0.717, 1.165) is 6.42 Å². The Morgan fingerprint density at radius 3 is 1.72 bits per heavy atom. The molecule has 0 saturated carbocycles. The Hall–Kier alpha value is -1.98. The predicted octanol–water partition coefficient (Wildman–Crippen LogP) is 7.26. The van der Waals surface area contributed by atoms with E-state index in [1.54, 1.807) is 0 Å². The predicted molar refractivity (Wildman–Crippen MR) is 184 cm³/mol. The molecule has 0 radical (unpaired) electrons. The van der Waals surface area contributed by atoms with Gasteiger partial charge in [0.2, 0.25) is 0 Å². The molecule has 2 N–H and O–H groups in total. The van der Waals surface area contributed by atoms with Crippen LogP contribution in [0.1, 0.15) is 81.6 Å². The number of aliphatic hydroxyl groups excluding tert-OH is 1. The highest BCUT2D eigenvalue weighted by molar-refractivity contribution is 6.99. The van der Waals surface area contributed by atoms with Crippen LogP contribution >= 0.6 is 0 Å². The van der Waals surface area contributed by atoms with Gasteiger partial charge in [0.25, 0.3) is 8.32 Å². The Balaban J connectivity index is 2.49. The van der Waals surface area contributed by atoms with Gasteiger partial charge in [-0.3, -0.25) is 0 Å². The fraction of sp³-hybridized carbons (Fsp3) is 0.629. The Kier molecular flexibility index (Phi) is 13.3. The molecule has 43 heavy (non-hydrogen) atoms. The SMILES string of the molecule is CC(C)(C)OC(=O)N[C@H](CO[Si](c1ccccc1)(c1ccccc1)C(C)(C)C)C[C@@H](CCCO)CO[Si](C)(C)C(C)(C)C. The zero-order valence-electron chi connectivity index (χ0n) is 28.8. The van der Waals surface area contributed by atoms with Gasteiger partial charge in [-0.15, -0.1) is 0 Å². The van der Waals surface area contributed by atoms with Crippen molar-refractivity contribution < 1.29 is 23.5 Å². The summed E-state index contributed by atoms with van der Waals surface area (Å²) in [6.07, 6.45) is 1.69. The van der Waals surface area contributed by atoms with Crippen LogP contribution in [0.2, 0.25) is 23.2 Å². The first-order valence-electron chi connectivity index (χ1n) is 15.8. The molecule has 0 heterocycles. The first kappa shape index (κ1) is 37.2. The third-order valence-corrected chi connectivity index (χ3v) is 18.0. The van der Waals surface area contributed by atoms with E-state index in [-0.39, 0.29) is 28.6 Å². The molecule has 6 nitrogen and oxygen atoms in total. The number of carbonyl (C=O) groups is 1. The fourth-order valence-corrected chi connectivity index (χ4v) is 10.9. The van der Waals surface area contributed by atoms with Gasteiger partial charge in [-0.25, -0.2) is 4.79 Å². The number of hydrogen-bond donors (Lipinski definition) is 2. The van der Waals surface area contributed by atoms with Crippen LogP contribution in [0.15, 0.2) is 60.7 Å². The molecule has 0 aliphatic carbocycles. The zero-order valence-corrected chi connectivity index (χ0v) is 30.8. The average Bonchev–Trinajstić information content (AvgIpc) is 2.89. The van der Waals surface area contributed by atoms with Gasteiger partial charge in [-0.05, 0) is 79.5 Å². The summed E-state index contributed by atoms with van der Waals surface area (Å²) in [5.41, 5.74) is -0.616. The Morgan fingerprint density at radius 1 is 0.791 bits per heavy atom. The number of alkyl carbamates (subject to hydrolysis) is 1. The van der Waals surface area contributed by atoms with Crippen LogP contribution < -0.4 is 15.7 Å². The molecule has 0 aliphatic heterocycles. The standard InChI is InChI=1S/C35H59NO5Si2/c1-33(2,3)41-32(38)36-29(25-28(19-18-24-37)26-39-42(10,11)34(4,5)6)27-40-43(35(7,8)9,30-20-14-12-15-21-30)31-22-16-13-17-23-31/h12-17,20-23,28-29,37H,18-19,24-27H2,1-11H3,(H,36,38)/t28-,29+/m1/s1. The Morgan fingerprint density at radius 2 is 1.30 bits per heavy atom. The largest absolute Gasteiger partial charge is 0.444 e. The molecule has 0 fully saturated rings. The molecule has 0 bridgehead atoms. The Bertz CT molecular complexity index is 1070. The molecule has 0 saturated heterocycles. The smallest absolute Gasteiger partial charge is 0.407 e. The van der Waals surface area contributed by atoms with Crippen molar-refractivity contribution in [1.82, 2.24) is 5.32 Å². The van der Waals surface area contributed by atoms with Crippen LogP contribution in [0.25, 0.3) is 0 Å². The van der Waals surface area contributed by atoms with Crippen LogP contribution in [0, 0.1) is 5.92 Å². The summed E-state index contributed by atoms with van der Waals surface area (Å²) in [5.74, 6) is 0.143. The highest BCUT2D eigenvalue weighted by Crippen LogP contribution is 2.38. The number of benzene rings is 2. The molecular weight excluding hydrogens is 571 g/mol. The molecule has 2 atom stereocenters. The molecule has 0 aliphatic rings. The summed E-state index contributed by atoms with van der Waals surface area (Å²) in [6, 6.07) is 20.8. The van der Waals surface area contributed by atoms with Gasteiger partial charge in [0.15, 0.2) is 8.32 Å². The third kappa shape index (κ3) is 10.9. The van der Waals surface area contributed by atoms with Gasteiger partial charge in [0, 0.05) is 13.2 Å². The third-order valence-electron chi connectivity index (χ3n) is 8.51. The minimum atomic E-state index is -2.82. The van der Waals surface area contributed by atoms with Crippen LogP contribution in [-0.4, -0.2) is 59.3 Å². The van der Waals surface area contributed by atoms with Crippen molar-refractivity contribution >= 4 is 33.1 Å². The molecule has 2 aromatic rings. The van der Waals surface area contributed by atoms with E-state index in [0.29, 0.717) is 26.1 Å². The summed E-state index contributed by atoms with van der Waals surface area (Å²) in [5, 5.41) is 15.2. The summed E-state index contributed by atoms with van der Waals surface area (Å²) in [4.78, 5) is 13.1. The number of ether oxygens (including phenoxy) is 1. The van der Waals surface area contributed by atoms with Gasteiger partial charge in [0.05, 0.1) is 12.6 Å². The first-order valence-corrected chi connectivity index (χ1v) is 20.6. The number of hydrogen-bond acceptors (Lipinski definition) is 5. The van der Waals surface area contributed by atoms with Crippen LogP contribution in [0.4, 0.5) is 4.79 Å². The second-order valence-corrected chi connectivity index (χ2v) is 24.5. The summed E-state index contributed by atoms with van der Waals surface area (Å²) < 4.78 is 19.6. The molecular formula is C35H59NO5Si2. The second kappa shape index (κ2) is 15.3. The van der Waals surface area contributed by atoms with E-state index in [1.165, 1.54) is 10.4 Å². The van der Waals surface area contributed by atoms with E-state index in [1.807, 2.05) is 32.9 Å². The molecule has 242 valence electrons. The van der Waals surface area contributed by atoms with Crippen LogP contribution in [0.5, 0.6) is 0 Å². The number of amides is 1. The van der Waals surface area contributed by atoms with Gasteiger partial charge in [-0.1, -0.05) is 102 Å². The lowest BCUT2D eigenvalue weighted by atomic mass is 9.96. The van der Waals surface area contributed by atoms with E-state index < -0.39 is 28.3 Å². The zero-order chi connectivity index (χ0) is 32.5. The number of nitrogens with one attached hydrogen (secondary N) is 1. The van der Waals surface area contributed by atoms with Crippen molar-refractivity contribution in [3.05, 3.63) is 60.7 Å². The Labute approximate surface area is 264 Å². The van der Waals surface area contributed by atoms with E-state index in [4.69, 9.17) is 13.6 Å². The minimum Gasteiger partial charge on any atom is -0.444 e. The summed E-state index contributed by atoms with van der Waals surface area (Å²) >= 11 is 0. The normalized spacial score (nSPS) is 14.7. The average molecular weight is 630 g/mol. The van der Waals surface area contributed by atoms with E-state index in [2.05, 4.69) is 108 Å². The summed E-state index contributed by atoms with van der Waals surface area (Å²) in [7, 11) is -4.80. The van der Waals surface area contributed by atoms with Gasteiger partial charge in [0.1, 0.15) is 5.60 Å². The van der Waals surface area contributed by atoms with Crippen LogP contribution in [-0.2, 0) is 13.6 Å². The molecule has 2 aromatic carbocycles. The van der Waals surface area contributed by atoms with Crippen molar-refractivity contribution in [3.63, 3.8) is 0 Å². The van der Waals surface area contributed by atoms with Crippen molar-refractivity contribution in [2.75, 3.05) is 19.8 Å². The van der Waals surface area contributed by atoms with Crippen molar-refractivity contribution in [1.29, 1.82) is 0 Å². The lowest BCUT2D eigenvalue weighted by Gasteiger charge is -2.44. The maximum atomic E-state index is 13.1. The van der Waals surface area contributed by atoms with E-state index in [9.17, 15) is 9.90 Å². The van der Waals surface area contributed by atoms with Gasteiger partial charge in [-0.2, -0.15) is 0 Å². The van der Waals surface area contributed by atoms with Crippen molar-refractivity contribution in [3.8, 4) is 0 Å². The maximum Gasteiger partial charge on any atom is 0.407 e. The van der Waals surface area contributed by atoms with E-state index >= 15 is 0 Å². The first-order chi connectivity index (χ1) is 19.8. The van der Waals surface area contributed by atoms with Gasteiger partial charge >= 0.3 is 6.09 Å². The molecule has 0 unspecified atom stereocenters. The highest BCUT2D eigenvalue weighted by atomic mass is 28.4. The summed E-state index contributed by atoms with van der Waals surface area (Å²) in [6.45, 7) is 24.7. The lowest BCUT2D eigenvalue weighted by molar-refractivity contribution is 0.0468. The molecule has 2 rings (SSSR count). The maximum absolute atomic E-state index is 13.1. The van der Waals surface area contributed by atoms with Crippen LogP contribution in [0.3, 0.4) is 0 Å². The number of aliphatic hydroxyl groups is 1. The number of carbonyl (C=O) groups excluding carboxylic acids is 1. The molecule has 8 heteroatoms. The molecule has 0 aromatic heterocycles. The van der Waals surface area contributed by atoms with Gasteiger partial charge < -0.3 is 24.0 Å². The second-order valence-electron chi connectivity index (χ2n) is 15.4. The lowest BCUT2D eigenvalue weighted by Crippen LogP contribution is -2.67. The highest BCUT2D eigenvalue weighted by Gasteiger charge is 2.50. The van der Waals surface area contributed by atoms with Crippen molar-refractivity contribution in [2.45, 2.75) is 116 Å². The fourth-order valence-electron chi connectivity index (χ4n) is 5.22. The topological polar surface area (TPSA) is 77.0 Å². The van der Waals surface area contributed by atoms with Crippen molar-refractivity contribution in [2.24, 2.45) is 5.92 Å². The monoisotopic (exact) mass is 629 g/mol. The molecule has 1 amide bonds. The quantitative estimate of drug-likeness (QED) is 0.215. The number of rotatable bonds is 14. The molecule has 0 spiro atoms. The minimum absolute atomic E-state index is 0.0923.